The topological polar surface area (TPSA) is 85.2 Å². The molecule has 1 N–H and O–H groups in total. The van der Waals surface area contributed by atoms with Crippen molar-refractivity contribution in [2.75, 3.05) is 0 Å². The Labute approximate surface area is 115 Å². The van der Waals surface area contributed by atoms with Crippen LogP contribution in [0.4, 0.5) is 0 Å². The first-order chi connectivity index (χ1) is 9.80. The quantitative estimate of drug-likeness (QED) is 0.784. The highest BCUT2D eigenvalue weighted by Gasteiger charge is 2.15. The highest BCUT2D eigenvalue weighted by Crippen LogP contribution is 2.23. The zero-order valence-electron chi connectivity index (χ0n) is 10.9. The molecule has 0 saturated carbocycles. The first-order valence-corrected chi connectivity index (χ1v) is 6.30. The molecule has 0 aliphatic heterocycles. The van der Waals surface area contributed by atoms with Crippen LogP contribution in [0.2, 0.25) is 0 Å². The third-order valence-corrected chi connectivity index (χ3v) is 2.95. The zero-order chi connectivity index (χ0) is 13.9. The molecule has 0 amide bonds. The molecule has 0 radical (unpaired) electrons. The number of aromatic nitrogens is 3. The van der Waals surface area contributed by atoms with E-state index in [1.54, 1.807) is 6.07 Å². The van der Waals surface area contributed by atoms with Crippen molar-refractivity contribution >= 4 is 0 Å². The van der Waals surface area contributed by atoms with Crippen LogP contribution in [-0.2, 0) is 13.0 Å². The molecule has 3 aromatic rings. The van der Waals surface area contributed by atoms with Gasteiger partial charge in [-0.3, -0.25) is 0 Å². The molecule has 0 fully saturated rings. The summed E-state index contributed by atoms with van der Waals surface area (Å²) >= 11 is 0. The van der Waals surface area contributed by atoms with Crippen LogP contribution in [0, 0.1) is 0 Å². The van der Waals surface area contributed by atoms with Crippen LogP contribution in [-0.4, -0.2) is 20.4 Å². The number of hydrogen-bond acceptors (Lipinski definition) is 6. The Bertz CT molecular complexity index is 701. The molecule has 0 saturated heterocycles. The molecule has 2 aromatic heterocycles. The van der Waals surface area contributed by atoms with E-state index in [2.05, 4.69) is 15.3 Å². The molecule has 0 aliphatic rings. The Hall–Kier alpha value is -2.47. The highest BCUT2D eigenvalue weighted by molar-refractivity contribution is 5.57. The van der Waals surface area contributed by atoms with E-state index in [0.29, 0.717) is 17.5 Å². The highest BCUT2D eigenvalue weighted by atomic mass is 16.5. The molecular weight excluding hydrogens is 258 g/mol. The maximum absolute atomic E-state index is 9.01. The number of benzene rings is 1. The number of aliphatic hydroxyl groups is 1. The maximum Gasteiger partial charge on any atom is 0.296 e. The number of rotatable bonds is 4. The van der Waals surface area contributed by atoms with Gasteiger partial charge in [0.1, 0.15) is 0 Å². The molecule has 20 heavy (non-hydrogen) atoms. The van der Waals surface area contributed by atoms with Crippen LogP contribution in [0.5, 0.6) is 0 Å². The molecular formula is C14H13N3O3. The smallest absolute Gasteiger partial charge is 0.296 e. The van der Waals surface area contributed by atoms with E-state index in [1.165, 1.54) is 0 Å². The first kappa shape index (κ1) is 12.6. The number of nitrogens with zero attached hydrogens (tertiary/aromatic N) is 3. The summed E-state index contributed by atoms with van der Waals surface area (Å²) < 4.78 is 10.3. The minimum atomic E-state index is 0.00956. The van der Waals surface area contributed by atoms with Crippen LogP contribution < -0.4 is 0 Å². The Balaban J connectivity index is 1.88. The predicted octanol–water partition coefficient (Wildman–Crippen LogP) is 2.45. The van der Waals surface area contributed by atoms with Gasteiger partial charge in [0.2, 0.25) is 11.6 Å². The zero-order valence-corrected chi connectivity index (χ0v) is 10.9. The summed E-state index contributed by atoms with van der Waals surface area (Å²) in [6.45, 7) is 2.00. The summed E-state index contributed by atoms with van der Waals surface area (Å²) in [5, 5.41) is 16.8. The number of aryl methyl sites for hydroxylation is 1. The van der Waals surface area contributed by atoms with Gasteiger partial charge in [0.05, 0.1) is 12.3 Å². The molecule has 3 rings (SSSR count). The maximum atomic E-state index is 9.01. The van der Waals surface area contributed by atoms with E-state index in [-0.39, 0.29) is 6.61 Å². The minimum Gasteiger partial charge on any atom is -0.392 e. The number of hydrogen-bond donors (Lipinski definition) is 1. The fraction of sp³-hybridized carbons (Fsp3) is 0.214. The molecule has 0 aliphatic carbocycles. The lowest BCUT2D eigenvalue weighted by Gasteiger charge is -1.96. The standard InChI is InChI=1S/C14H13N3O3/c1-2-11-7-12(19-16-11)14-15-13(17-20-14)10-5-3-9(8-18)4-6-10/h3-7,18H,2,8H2,1H3. The molecule has 0 unspecified atom stereocenters. The molecule has 2 heterocycles. The summed E-state index contributed by atoms with van der Waals surface area (Å²) in [5.74, 6) is 1.24. The molecule has 0 spiro atoms. The van der Waals surface area contributed by atoms with Gasteiger partial charge in [-0.05, 0) is 12.0 Å². The summed E-state index contributed by atoms with van der Waals surface area (Å²) in [7, 11) is 0. The van der Waals surface area contributed by atoms with E-state index in [1.807, 2.05) is 31.2 Å². The average molecular weight is 271 g/mol. The van der Waals surface area contributed by atoms with Crippen molar-refractivity contribution in [3.63, 3.8) is 0 Å². The van der Waals surface area contributed by atoms with E-state index in [9.17, 15) is 0 Å². The van der Waals surface area contributed by atoms with Gasteiger partial charge in [0.15, 0.2) is 0 Å². The lowest BCUT2D eigenvalue weighted by atomic mass is 10.1. The lowest BCUT2D eigenvalue weighted by molar-refractivity contribution is 0.282. The normalized spacial score (nSPS) is 10.9. The van der Waals surface area contributed by atoms with Crippen molar-refractivity contribution in [1.82, 2.24) is 15.3 Å². The van der Waals surface area contributed by atoms with Gasteiger partial charge < -0.3 is 14.2 Å². The van der Waals surface area contributed by atoms with Crippen LogP contribution in [0.1, 0.15) is 18.2 Å². The largest absolute Gasteiger partial charge is 0.392 e. The lowest BCUT2D eigenvalue weighted by Crippen LogP contribution is -1.84. The first-order valence-electron chi connectivity index (χ1n) is 6.30. The van der Waals surface area contributed by atoms with Gasteiger partial charge in [-0.15, -0.1) is 0 Å². The molecule has 6 heteroatoms. The summed E-state index contributed by atoms with van der Waals surface area (Å²) in [6, 6.07) is 9.08. The Kier molecular flexibility index (Phi) is 3.30. The van der Waals surface area contributed by atoms with Gasteiger partial charge in [-0.1, -0.05) is 41.5 Å². The number of aliphatic hydroxyl groups excluding tert-OH is 1. The van der Waals surface area contributed by atoms with Crippen LogP contribution >= 0.6 is 0 Å². The molecule has 6 nitrogen and oxygen atoms in total. The van der Waals surface area contributed by atoms with E-state index in [0.717, 1.165) is 23.2 Å². The molecule has 0 atom stereocenters. The second-order valence-corrected chi connectivity index (χ2v) is 4.31. The Morgan fingerprint density at radius 3 is 2.55 bits per heavy atom. The van der Waals surface area contributed by atoms with Gasteiger partial charge in [0.25, 0.3) is 5.89 Å². The second kappa shape index (κ2) is 5.26. The third kappa shape index (κ3) is 2.33. The van der Waals surface area contributed by atoms with Gasteiger partial charge in [-0.2, -0.15) is 4.98 Å². The van der Waals surface area contributed by atoms with Crippen molar-refractivity contribution in [1.29, 1.82) is 0 Å². The molecule has 102 valence electrons. The molecule has 1 aromatic carbocycles. The van der Waals surface area contributed by atoms with E-state index in [4.69, 9.17) is 14.2 Å². The monoisotopic (exact) mass is 271 g/mol. The fourth-order valence-corrected chi connectivity index (χ4v) is 1.78. The Morgan fingerprint density at radius 2 is 1.90 bits per heavy atom. The summed E-state index contributed by atoms with van der Waals surface area (Å²) in [6.07, 6.45) is 0.785. The summed E-state index contributed by atoms with van der Waals surface area (Å²) in [4.78, 5) is 4.28. The summed E-state index contributed by atoms with van der Waals surface area (Å²) in [5.41, 5.74) is 2.49. The minimum absolute atomic E-state index is 0.00956. The predicted molar refractivity (Wildman–Crippen MR) is 70.5 cm³/mol. The van der Waals surface area contributed by atoms with Crippen LogP contribution in [0.15, 0.2) is 39.4 Å². The molecule has 0 bridgehead atoms. The second-order valence-electron chi connectivity index (χ2n) is 4.31. The average Bonchev–Trinajstić information content (AvgIpc) is 3.16. The van der Waals surface area contributed by atoms with E-state index >= 15 is 0 Å². The van der Waals surface area contributed by atoms with Crippen molar-refractivity contribution in [3.05, 3.63) is 41.6 Å². The van der Waals surface area contributed by atoms with Gasteiger partial charge in [0, 0.05) is 11.6 Å². The van der Waals surface area contributed by atoms with Crippen LogP contribution in [0.3, 0.4) is 0 Å². The third-order valence-electron chi connectivity index (χ3n) is 2.95. The fourth-order valence-electron chi connectivity index (χ4n) is 1.78. The van der Waals surface area contributed by atoms with Crippen molar-refractivity contribution in [3.8, 4) is 23.0 Å². The van der Waals surface area contributed by atoms with E-state index < -0.39 is 0 Å². The van der Waals surface area contributed by atoms with Crippen molar-refractivity contribution in [2.45, 2.75) is 20.0 Å². The van der Waals surface area contributed by atoms with Crippen molar-refractivity contribution < 1.29 is 14.2 Å². The van der Waals surface area contributed by atoms with Gasteiger partial charge >= 0.3 is 0 Å². The van der Waals surface area contributed by atoms with Crippen molar-refractivity contribution in [2.24, 2.45) is 0 Å². The van der Waals surface area contributed by atoms with Gasteiger partial charge in [-0.25, -0.2) is 0 Å². The Morgan fingerprint density at radius 1 is 1.10 bits per heavy atom. The SMILES string of the molecule is CCc1cc(-c2nc(-c3ccc(CO)cc3)no2)on1. The van der Waals surface area contributed by atoms with Crippen LogP contribution in [0.25, 0.3) is 23.0 Å².